The van der Waals surface area contributed by atoms with Crippen molar-refractivity contribution in [1.29, 1.82) is 0 Å². The summed E-state index contributed by atoms with van der Waals surface area (Å²) in [6, 6.07) is 0.598. The van der Waals surface area contributed by atoms with Gasteiger partial charge in [-0.1, -0.05) is 6.42 Å². The minimum Gasteiger partial charge on any atom is -0.396 e. The molecule has 2 heteroatoms. The number of aliphatic hydroxyl groups is 1. The first kappa shape index (κ1) is 8.52. The van der Waals surface area contributed by atoms with Gasteiger partial charge in [-0.15, -0.1) is 0 Å². The lowest BCUT2D eigenvalue weighted by Gasteiger charge is -2.58. The molecule has 1 aliphatic carbocycles. The van der Waals surface area contributed by atoms with Crippen LogP contribution in [0, 0.1) is 5.41 Å². The third-order valence-corrected chi connectivity index (χ3v) is 3.66. The number of likely N-dealkylation sites (tertiary alicyclic amines) is 1. The SMILES string of the molecule is CC(CCO)N1CC2(CCC2)C1. The molecule has 0 bridgehead atoms. The quantitative estimate of drug-likeness (QED) is 0.687. The van der Waals surface area contributed by atoms with Gasteiger partial charge in [0.15, 0.2) is 0 Å². The number of nitrogens with zero attached hydrogens (tertiary/aromatic N) is 1. The Hall–Kier alpha value is -0.0800. The molecule has 1 unspecified atom stereocenters. The van der Waals surface area contributed by atoms with Gasteiger partial charge in [0.2, 0.25) is 0 Å². The fourth-order valence-electron chi connectivity index (χ4n) is 2.49. The second kappa shape index (κ2) is 3.00. The predicted octanol–water partition coefficient (Wildman–Crippen LogP) is 1.24. The minimum atomic E-state index is 0.338. The second-order valence-corrected chi connectivity index (χ2v) is 4.62. The van der Waals surface area contributed by atoms with Gasteiger partial charge in [0.1, 0.15) is 0 Å². The average Bonchev–Trinajstić information content (AvgIpc) is 1.81. The van der Waals surface area contributed by atoms with Crippen molar-refractivity contribution in [3.05, 3.63) is 0 Å². The van der Waals surface area contributed by atoms with Crippen LogP contribution in [0.4, 0.5) is 0 Å². The summed E-state index contributed by atoms with van der Waals surface area (Å²) < 4.78 is 0. The Morgan fingerprint density at radius 3 is 2.50 bits per heavy atom. The molecule has 70 valence electrons. The van der Waals surface area contributed by atoms with E-state index in [2.05, 4.69) is 11.8 Å². The molecule has 2 aliphatic rings. The summed E-state index contributed by atoms with van der Waals surface area (Å²) in [5, 5.41) is 8.78. The van der Waals surface area contributed by atoms with E-state index in [0.29, 0.717) is 12.6 Å². The van der Waals surface area contributed by atoms with E-state index in [1.165, 1.54) is 32.4 Å². The van der Waals surface area contributed by atoms with Gasteiger partial charge < -0.3 is 5.11 Å². The molecular weight excluding hydrogens is 150 g/mol. The standard InChI is InChI=1S/C10H19NO/c1-9(3-6-12)11-7-10(8-11)4-2-5-10/h9,12H,2-8H2,1H3. The number of aliphatic hydroxyl groups excluding tert-OH is 1. The third kappa shape index (κ3) is 1.27. The highest BCUT2D eigenvalue weighted by atomic mass is 16.3. The van der Waals surface area contributed by atoms with E-state index in [0.717, 1.165) is 11.8 Å². The maximum absolute atomic E-state index is 8.78. The minimum absolute atomic E-state index is 0.338. The molecule has 1 saturated heterocycles. The summed E-state index contributed by atoms with van der Waals surface area (Å²) in [6.07, 6.45) is 5.29. The fourth-order valence-corrected chi connectivity index (χ4v) is 2.49. The van der Waals surface area contributed by atoms with Gasteiger partial charge in [-0.25, -0.2) is 0 Å². The van der Waals surface area contributed by atoms with Gasteiger partial charge in [-0.2, -0.15) is 0 Å². The molecule has 1 atom stereocenters. The normalized spacial score (nSPS) is 29.5. The zero-order chi connectivity index (χ0) is 8.60. The summed E-state index contributed by atoms with van der Waals surface area (Å²) in [4.78, 5) is 2.51. The molecule has 1 N–H and O–H groups in total. The molecule has 1 saturated carbocycles. The highest BCUT2D eigenvalue weighted by molar-refractivity contribution is 5.01. The van der Waals surface area contributed by atoms with E-state index in [9.17, 15) is 0 Å². The van der Waals surface area contributed by atoms with Crippen LogP contribution in [-0.2, 0) is 0 Å². The molecule has 2 nitrogen and oxygen atoms in total. The van der Waals surface area contributed by atoms with E-state index in [4.69, 9.17) is 5.11 Å². The molecule has 0 radical (unpaired) electrons. The van der Waals surface area contributed by atoms with Crippen molar-refractivity contribution in [2.24, 2.45) is 5.41 Å². The van der Waals surface area contributed by atoms with Crippen LogP contribution in [0.3, 0.4) is 0 Å². The summed E-state index contributed by atoms with van der Waals surface area (Å²) in [7, 11) is 0. The van der Waals surface area contributed by atoms with E-state index in [-0.39, 0.29) is 0 Å². The molecule has 1 spiro atoms. The molecule has 0 aromatic heterocycles. The second-order valence-electron chi connectivity index (χ2n) is 4.62. The van der Waals surface area contributed by atoms with Crippen molar-refractivity contribution < 1.29 is 5.11 Å². The maximum atomic E-state index is 8.78. The van der Waals surface area contributed by atoms with Gasteiger partial charge in [0.05, 0.1) is 0 Å². The molecule has 0 amide bonds. The van der Waals surface area contributed by atoms with Crippen LogP contribution in [0.2, 0.25) is 0 Å². The Morgan fingerprint density at radius 1 is 1.42 bits per heavy atom. The van der Waals surface area contributed by atoms with Gasteiger partial charge in [-0.05, 0) is 31.6 Å². The summed E-state index contributed by atoms with van der Waals surface area (Å²) in [5.74, 6) is 0. The molecule has 0 aromatic carbocycles. The Bertz CT molecular complexity index is 157. The zero-order valence-corrected chi connectivity index (χ0v) is 7.92. The first-order valence-corrected chi connectivity index (χ1v) is 5.11. The smallest absolute Gasteiger partial charge is 0.0445 e. The number of hydrogen-bond acceptors (Lipinski definition) is 2. The highest BCUT2D eigenvalue weighted by Gasteiger charge is 2.47. The molecular formula is C10H19NO. The van der Waals surface area contributed by atoms with Crippen molar-refractivity contribution >= 4 is 0 Å². The van der Waals surface area contributed by atoms with Crippen LogP contribution >= 0.6 is 0 Å². The van der Waals surface area contributed by atoms with Crippen molar-refractivity contribution in [1.82, 2.24) is 4.90 Å². The van der Waals surface area contributed by atoms with Crippen LogP contribution in [0.15, 0.2) is 0 Å². The van der Waals surface area contributed by atoms with Crippen molar-refractivity contribution in [3.63, 3.8) is 0 Å². The third-order valence-electron chi connectivity index (χ3n) is 3.66. The van der Waals surface area contributed by atoms with Crippen LogP contribution in [0.25, 0.3) is 0 Å². The lowest BCUT2D eigenvalue weighted by Crippen LogP contribution is -2.62. The number of hydrogen-bond donors (Lipinski definition) is 1. The summed E-state index contributed by atoms with van der Waals surface area (Å²) in [6.45, 7) is 5.16. The van der Waals surface area contributed by atoms with E-state index in [1.807, 2.05) is 0 Å². The van der Waals surface area contributed by atoms with Crippen molar-refractivity contribution in [2.45, 2.75) is 38.6 Å². The van der Waals surface area contributed by atoms with Crippen LogP contribution in [0.5, 0.6) is 0 Å². The average molecular weight is 169 g/mol. The highest BCUT2D eigenvalue weighted by Crippen LogP contribution is 2.48. The Kier molecular flexibility index (Phi) is 2.13. The van der Waals surface area contributed by atoms with Gasteiger partial charge >= 0.3 is 0 Å². The van der Waals surface area contributed by atoms with Gasteiger partial charge in [0, 0.05) is 25.7 Å². The Morgan fingerprint density at radius 2 is 2.08 bits per heavy atom. The summed E-state index contributed by atoms with van der Waals surface area (Å²) >= 11 is 0. The molecule has 12 heavy (non-hydrogen) atoms. The van der Waals surface area contributed by atoms with E-state index in [1.54, 1.807) is 0 Å². The van der Waals surface area contributed by atoms with Crippen LogP contribution in [0.1, 0.15) is 32.6 Å². The Balaban J connectivity index is 1.73. The van der Waals surface area contributed by atoms with Crippen molar-refractivity contribution in [3.8, 4) is 0 Å². The van der Waals surface area contributed by atoms with Crippen LogP contribution < -0.4 is 0 Å². The first-order chi connectivity index (χ1) is 5.76. The van der Waals surface area contributed by atoms with Crippen molar-refractivity contribution in [2.75, 3.05) is 19.7 Å². The number of rotatable bonds is 3. The molecule has 1 aliphatic heterocycles. The van der Waals surface area contributed by atoms with Gasteiger partial charge in [0.25, 0.3) is 0 Å². The molecule has 1 heterocycles. The molecule has 0 aromatic rings. The molecule has 2 rings (SSSR count). The topological polar surface area (TPSA) is 23.5 Å². The zero-order valence-electron chi connectivity index (χ0n) is 7.92. The fraction of sp³-hybridized carbons (Fsp3) is 1.00. The lowest BCUT2D eigenvalue weighted by atomic mass is 9.63. The van der Waals surface area contributed by atoms with E-state index >= 15 is 0 Å². The first-order valence-electron chi connectivity index (χ1n) is 5.11. The predicted molar refractivity (Wildman–Crippen MR) is 49.0 cm³/mol. The van der Waals surface area contributed by atoms with Crippen LogP contribution in [-0.4, -0.2) is 35.7 Å². The van der Waals surface area contributed by atoms with Gasteiger partial charge in [-0.3, -0.25) is 4.90 Å². The largest absolute Gasteiger partial charge is 0.396 e. The summed E-state index contributed by atoms with van der Waals surface area (Å²) in [5.41, 5.74) is 0.740. The monoisotopic (exact) mass is 169 g/mol. The lowest BCUT2D eigenvalue weighted by molar-refractivity contribution is -0.0826. The van der Waals surface area contributed by atoms with E-state index < -0.39 is 0 Å². The Labute approximate surface area is 74.6 Å². The maximum Gasteiger partial charge on any atom is 0.0445 e. The molecule has 2 fully saturated rings.